The number of benzene rings is 2. The van der Waals surface area contributed by atoms with Crippen molar-refractivity contribution in [2.24, 2.45) is 5.73 Å². The fourth-order valence-electron chi connectivity index (χ4n) is 4.45. The zero-order valence-corrected chi connectivity index (χ0v) is 20.1. The Labute approximate surface area is 203 Å². The molecule has 1 aliphatic rings. The van der Waals surface area contributed by atoms with Crippen LogP contribution < -0.4 is 30.2 Å². The van der Waals surface area contributed by atoms with Crippen molar-refractivity contribution >= 4 is 0 Å². The van der Waals surface area contributed by atoms with E-state index in [2.05, 4.69) is 6.07 Å². The molecule has 0 saturated carbocycles. The second-order valence-electron chi connectivity index (χ2n) is 8.14. The molecular formula is C27H27N3O5. The van der Waals surface area contributed by atoms with Crippen molar-refractivity contribution < 1.29 is 18.9 Å². The summed E-state index contributed by atoms with van der Waals surface area (Å²) in [4.78, 5) is 13.9. The second kappa shape index (κ2) is 9.85. The quantitative estimate of drug-likeness (QED) is 0.558. The van der Waals surface area contributed by atoms with Gasteiger partial charge in [-0.3, -0.25) is 4.79 Å². The number of aromatic nitrogens is 1. The summed E-state index contributed by atoms with van der Waals surface area (Å²) >= 11 is 0. The summed E-state index contributed by atoms with van der Waals surface area (Å²) in [6, 6.07) is 17.3. The maximum absolute atomic E-state index is 13.9. The molecule has 0 bridgehead atoms. The summed E-state index contributed by atoms with van der Waals surface area (Å²) in [5, 5.41) is 9.98. The van der Waals surface area contributed by atoms with Crippen LogP contribution in [0.25, 0.3) is 0 Å². The van der Waals surface area contributed by atoms with Gasteiger partial charge in [-0.05, 0) is 36.6 Å². The molecule has 1 aromatic heterocycles. The van der Waals surface area contributed by atoms with Crippen LogP contribution in [-0.4, -0.2) is 25.9 Å². The minimum atomic E-state index is -0.770. The van der Waals surface area contributed by atoms with Crippen LogP contribution in [0.5, 0.6) is 23.0 Å². The zero-order valence-electron chi connectivity index (χ0n) is 20.1. The summed E-state index contributed by atoms with van der Waals surface area (Å²) in [6.45, 7) is 2.33. The predicted octanol–water partition coefficient (Wildman–Crippen LogP) is 3.64. The van der Waals surface area contributed by atoms with Crippen LogP contribution >= 0.6 is 0 Å². The lowest BCUT2D eigenvalue weighted by molar-refractivity contribution is 0.323. The van der Waals surface area contributed by atoms with Crippen molar-refractivity contribution in [3.05, 3.63) is 92.7 Å². The molecule has 1 aliphatic heterocycles. The van der Waals surface area contributed by atoms with Gasteiger partial charge in [0.25, 0.3) is 5.56 Å². The fraction of sp³-hybridized carbons (Fsp3) is 0.259. The van der Waals surface area contributed by atoms with E-state index in [-0.39, 0.29) is 17.0 Å². The van der Waals surface area contributed by atoms with E-state index >= 15 is 0 Å². The van der Waals surface area contributed by atoms with Gasteiger partial charge in [0, 0.05) is 18.3 Å². The predicted molar refractivity (Wildman–Crippen MR) is 131 cm³/mol. The van der Waals surface area contributed by atoms with Crippen molar-refractivity contribution in [1.82, 2.24) is 4.57 Å². The number of allylic oxidation sites excluding steroid dienone is 1. The molecule has 0 aliphatic carbocycles. The van der Waals surface area contributed by atoms with Crippen LogP contribution in [0.4, 0.5) is 0 Å². The van der Waals surface area contributed by atoms with Gasteiger partial charge < -0.3 is 29.2 Å². The van der Waals surface area contributed by atoms with Gasteiger partial charge in [-0.2, -0.15) is 5.26 Å². The van der Waals surface area contributed by atoms with Crippen LogP contribution in [0.15, 0.2) is 64.8 Å². The number of ether oxygens (including phenoxy) is 4. The van der Waals surface area contributed by atoms with Crippen molar-refractivity contribution in [2.45, 2.75) is 25.8 Å². The molecule has 0 radical (unpaired) electrons. The number of aryl methyl sites for hydroxylation is 2. The van der Waals surface area contributed by atoms with Gasteiger partial charge in [-0.25, -0.2) is 0 Å². The highest BCUT2D eigenvalue weighted by Gasteiger charge is 2.35. The minimum Gasteiger partial charge on any atom is -0.493 e. The maximum Gasteiger partial charge on any atom is 0.258 e. The molecule has 1 unspecified atom stereocenters. The Bertz CT molecular complexity index is 1360. The van der Waals surface area contributed by atoms with E-state index in [9.17, 15) is 10.1 Å². The third-order valence-corrected chi connectivity index (χ3v) is 6.18. The third kappa shape index (κ3) is 4.28. The maximum atomic E-state index is 13.9. The lowest BCUT2D eigenvalue weighted by Gasteiger charge is -2.28. The van der Waals surface area contributed by atoms with E-state index in [1.807, 2.05) is 37.3 Å². The molecule has 8 heteroatoms. The van der Waals surface area contributed by atoms with Gasteiger partial charge in [0.05, 0.1) is 32.8 Å². The monoisotopic (exact) mass is 473 g/mol. The Hall–Kier alpha value is -4.38. The van der Waals surface area contributed by atoms with Crippen LogP contribution in [0.2, 0.25) is 0 Å². The van der Waals surface area contributed by atoms with Crippen molar-refractivity contribution in [1.29, 1.82) is 5.26 Å². The first kappa shape index (κ1) is 23.8. The number of rotatable bonds is 7. The van der Waals surface area contributed by atoms with Crippen molar-refractivity contribution in [2.75, 3.05) is 21.3 Å². The van der Waals surface area contributed by atoms with E-state index in [0.29, 0.717) is 47.1 Å². The van der Waals surface area contributed by atoms with Crippen LogP contribution in [0, 0.1) is 18.3 Å². The Morgan fingerprint density at radius 3 is 2.29 bits per heavy atom. The van der Waals surface area contributed by atoms with E-state index in [4.69, 9.17) is 24.7 Å². The minimum absolute atomic E-state index is 0.0420. The summed E-state index contributed by atoms with van der Waals surface area (Å²) in [5.41, 5.74) is 8.83. The smallest absolute Gasteiger partial charge is 0.258 e. The van der Waals surface area contributed by atoms with Gasteiger partial charge in [-0.1, -0.05) is 30.3 Å². The lowest BCUT2D eigenvalue weighted by atomic mass is 9.83. The van der Waals surface area contributed by atoms with E-state index in [1.54, 1.807) is 22.8 Å². The molecule has 0 spiro atoms. The van der Waals surface area contributed by atoms with Gasteiger partial charge in [0.15, 0.2) is 11.5 Å². The molecule has 2 aromatic carbocycles. The lowest BCUT2D eigenvalue weighted by Crippen LogP contribution is -2.33. The van der Waals surface area contributed by atoms with Gasteiger partial charge in [0.2, 0.25) is 11.6 Å². The number of fused-ring (bicyclic) bond motifs is 1. The Balaban J connectivity index is 1.90. The van der Waals surface area contributed by atoms with Crippen molar-refractivity contribution in [3.8, 4) is 29.1 Å². The van der Waals surface area contributed by atoms with E-state index < -0.39 is 5.92 Å². The number of hydrogen-bond donors (Lipinski definition) is 1. The highest BCUT2D eigenvalue weighted by Crippen LogP contribution is 2.46. The molecule has 180 valence electrons. The number of nitriles is 1. The zero-order chi connectivity index (χ0) is 25.1. The molecular weight excluding hydrogens is 446 g/mol. The number of pyridine rings is 1. The highest BCUT2D eigenvalue weighted by molar-refractivity contribution is 5.61. The fourth-order valence-corrected chi connectivity index (χ4v) is 4.45. The Kier molecular flexibility index (Phi) is 6.69. The molecule has 2 N–H and O–H groups in total. The van der Waals surface area contributed by atoms with E-state index in [0.717, 1.165) is 11.3 Å². The van der Waals surface area contributed by atoms with Gasteiger partial charge in [-0.15, -0.1) is 0 Å². The normalized spacial score (nSPS) is 14.5. The molecule has 3 aromatic rings. The summed E-state index contributed by atoms with van der Waals surface area (Å²) < 4.78 is 23.9. The average Bonchev–Trinajstić information content (AvgIpc) is 2.87. The van der Waals surface area contributed by atoms with Crippen LogP contribution in [0.1, 0.15) is 28.3 Å². The molecule has 1 atom stereocenters. The van der Waals surface area contributed by atoms with Crippen LogP contribution in [0.3, 0.4) is 0 Å². The van der Waals surface area contributed by atoms with E-state index in [1.165, 1.54) is 21.3 Å². The highest BCUT2D eigenvalue weighted by atomic mass is 16.5. The molecule has 35 heavy (non-hydrogen) atoms. The summed E-state index contributed by atoms with van der Waals surface area (Å²) in [6.07, 6.45) is 0.680. The average molecular weight is 474 g/mol. The first-order chi connectivity index (χ1) is 16.9. The second-order valence-corrected chi connectivity index (χ2v) is 8.14. The molecule has 0 saturated heterocycles. The SMILES string of the molecule is COc1cc(C2C(C#N)=C(N)Oc3cc(C)n(CCc4ccccc4)c(=O)c32)cc(OC)c1OC. The summed E-state index contributed by atoms with van der Waals surface area (Å²) in [7, 11) is 4.53. The number of hydrogen-bond acceptors (Lipinski definition) is 7. The number of nitrogens with two attached hydrogens (primary N) is 1. The molecule has 2 heterocycles. The largest absolute Gasteiger partial charge is 0.493 e. The Morgan fingerprint density at radius 2 is 1.71 bits per heavy atom. The molecule has 0 amide bonds. The number of methoxy groups -OCH3 is 3. The van der Waals surface area contributed by atoms with Gasteiger partial charge >= 0.3 is 0 Å². The molecule has 8 nitrogen and oxygen atoms in total. The first-order valence-electron chi connectivity index (χ1n) is 11.1. The molecule has 4 rings (SSSR count). The third-order valence-electron chi connectivity index (χ3n) is 6.18. The summed E-state index contributed by atoms with van der Waals surface area (Å²) in [5.74, 6) is 0.738. The van der Waals surface area contributed by atoms with Crippen molar-refractivity contribution in [3.63, 3.8) is 0 Å². The molecule has 0 fully saturated rings. The number of nitrogens with zero attached hydrogens (tertiary/aromatic N) is 2. The standard InChI is InChI=1S/C27H27N3O5/c1-16-12-20-24(27(31)30(16)11-10-17-8-6-5-7-9-17)23(19(15-28)26(29)35-20)18-13-21(32-2)25(34-4)22(14-18)33-3/h5-9,12-14,23H,10-11,29H2,1-4H3. The van der Waals surface area contributed by atoms with Crippen LogP contribution in [-0.2, 0) is 13.0 Å². The topological polar surface area (TPSA) is 109 Å². The van der Waals surface area contributed by atoms with Gasteiger partial charge in [0.1, 0.15) is 17.4 Å². The Morgan fingerprint density at radius 1 is 1.06 bits per heavy atom. The first-order valence-corrected chi connectivity index (χ1v) is 11.1.